The fourth-order valence-electron chi connectivity index (χ4n) is 3.30. The van der Waals surface area contributed by atoms with E-state index in [1.807, 2.05) is 36.4 Å². The first-order valence-electron chi connectivity index (χ1n) is 8.77. The van der Waals surface area contributed by atoms with Crippen molar-refractivity contribution in [2.75, 3.05) is 13.1 Å². The van der Waals surface area contributed by atoms with E-state index in [4.69, 9.17) is 10.00 Å². The minimum atomic E-state index is -0.235. The number of rotatable bonds is 3. The van der Waals surface area contributed by atoms with Crippen molar-refractivity contribution in [1.82, 2.24) is 19.9 Å². The Balaban J connectivity index is 1.54. The van der Waals surface area contributed by atoms with Gasteiger partial charge in [0.15, 0.2) is 0 Å². The summed E-state index contributed by atoms with van der Waals surface area (Å²) in [4.78, 5) is 27.2. The van der Waals surface area contributed by atoms with E-state index in [9.17, 15) is 4.79 Å². The van der Waals surface area contributed by atoms with E-state index in [2.05, 4.69) is 15.0 Å². The van der Waals surface area contributed by atoms with Gasteiger partial charge in [0.2, 0.25) is 5.69 Å². The lowest BCUT2D eigenvalue weighted by molar-refractivity contribution is 0.0523. The summed E-state index contributed by atoms with van der Waals surface area (Å²) in [6.45, 7) is 1.07. The number of benzene rings is 1. The van der Waals surface area contributed by atoms with Crippen LogP contribution in [0.15, 0.2) is 48.9 Å². The number of nitriles is 1. The molecule has 4 rings (SSSR count). The highest BCUT2D eigenvalue weighted by molar-refractivity contribution is 6.05. The van der Waals surface area contributed by atoms with E-state index in [1.54, 1.807) is 11.1 Å². The maximum Gasteiger partial charge on any atom is 0.273 e. The summed E-state index contributed by atoms with van der Waals surface area (Å²) < 4.78 is 5.87. The van der Waals surface area contributed by atoms with Crippen molar-refractivity contribution in [3.05, 3.63) is 60.3 Å². The van der Waals surface area contributed by atoms with Gasteiger partial charge in [0.1, 0.15) is 17.9 Å². The third-order valence-electron chi connectivity index (χ3n) is 4.59. The van der Waals surface area contributed by atoms with Crippen molar-refractivity contribution in [3.8, 4) is 11.9 Å². The summed E-state index contributed by atoms with van der Waals surface area (Å²) in [6.07, 6.45) is 5.96. The predicted octanol–water partition coefficient (Wildman–Crippen LogP) is 2.58. The van der Waals surface area contributed by atoms with E-state index in [0.29, 0.717) is 18.8 Å². The van der Waals surface area contributed by atoms with Crippen LogP contribution < -0.4 is 4.74 Å². The molecule has 7 heteroatoms. The standard InChI is InChI=1S/C20H17N5O2/c21-12-17-19(24-10-9-22-17)27-15-5-3-11-25(13-15)20(26)18-16-6-2-1-4-14(16)7-8-23-18/h1-2,4,6-10,15H,3,5,11,13H2/t15-/m0/s1. The average Bonchev–Trinajstić information content (AvgIpc) is 2.73. The summed E-state index contributed by atoms with van der Waals surface area (Å²) in [7, 11) is 0. The van der Waals surface area contributed by atoms with Gasteiger partial charge in [0.05, 0.1) is 6.54 Å². The largest absolute Gasteiger partial charge is 0.470 e. The third kappa shape index (κ3) is 3.42. The third-order valence-corrected chi connectivity index (χ3v) is 4.59. The zero-order valence-corrected chi connectivity index (χ0v) is 14.6. The Morgan fingerprint density at radius 1 is 1.15 bits per heavy atom. The van der Waals surface area contributed by atoms with Crippen molar-refractivity contribution < 1.29 is 9.53 Å². The molecule has 1 saturated heterocycles. The molecule has 1 atom stereocenters. The zero-order valence-electron chi connectivity index (χ0n) is 14.6. The molecule has 0 aliphatic carbocycles. The lowest BCUT2D eigenvalue weighted by Gasteiger charge is -2.32. The highest BCUT2D eigenvalue weighted by Crippen LogP contribution is 2.22. The molecule has 1 amide bonds. The molecular weight excluding hydrogens is 342 g/mol. The van der Waals surface area contributed by atoms with Crippen molar-refractivity contribution >= 4 is 16.7 Å². The number of carbonyl (C=O) groups excluding carboxylic acids is 1. The minimum Gasteiger partial charge on any atom is -0.470 e. The second kappa shape index (κ2) is 7.38. The summed E-state index contributed by atoms with van der Waals surface area (Å²) >= 11 is 0. The maximum atomic E-state index is 13.1. The highest BCUT2D eigenvalue weighted by Gasteiger charge is 2.28. The van der Waals surface area contributed by atoms with Gasteiger partial charge in [0, 0.05) is 30.5 Å². The van der Waals surface area contributed by atoms with Crippen molar-refractivity contribution in [1.29, 1.82) is 5.26 Å². The van der Waals surface area contributed by atoms with E-state index in [-0.39, 0.29) is 23.6 Å². The first-order valence-corrected chi connectivity index (χ1v) is 8.77. The monoisotopic (exact) mass is 359 g/mol. The molecule has 1 fully saturated rings. The van der Waals surface area contributed by atoms with Crippen LogP contribution in [-0.4, -0.2) is 45.0 Å². The molecule has 1 aliphatic rings. The zero-order chi connectivity index (χ0) is 18.6. The predicted molar refractivity (Wildman–Crippen MR) is 98.0 cm³/mol. The first-order chi connectivity index (χ1) is 13.3. The van der Waals surface area contributed by atoms with Gasteiger partial charge in [-0.25, -0.2) is 9.97 Å². The quantitative estimate of drug-likeness (QED) is 0.714. The van der Waals surface area contributed by atoms with Gasteiger partial charge >= 0.3 is 0 Å². The van der Waals surface area contributed by atoms with Gasteiger partial charge in [-0.1, -0.05) is 24.3 Å². The molecule has 0 spiro atoms. The number of carbonyl (C=O) groups is 1. The van der Waals surface area contributed by atoms with Crippen molar-refractivity contribution in [3.63, 3.8) is 0 Å². The molecule has 0 unspecified atom stereocenters. The van der Waals surface area contributed by atoms with Crippen LogP contribution in [-0.2, 0) is 0 Å². The number of fused-ring (bicyclic) bond motifs is 1. The lowest BCUT2D eigenvalue weighted by atomic mass is 10.1. The first kappa shape index (κ1) is 16.9. The molecule has 3 heterocycles. The van der Waals surface area contributed by atoms with Gasteiger partial charge in [-0.15, -0.1) is 0 Å². The van der Waals surface area contributed by atoms with Crippen LogP contribution in [0.3, 0.4) is 0 Å². The Labute approximate surface area is 156 Å². The Bertz CT molecular complexity index is 1020. The number of piperidine rings is 1. The molecule has 0 bridgehead atoms. The number of hydrogen-bond acceptors (Lipinski definition) is 6. The molecule has 134 valence electrons. The number of amides is 1. The van der Waals surface area contributed by atoms with E-state index < -0.39 is 0 Å². The Morgan fingerprint density at radius 3 is 2.89 bits per heavy atom. The maximum absolute atomic E-state index is 13.1. The van der Waals surface area contributed by atoms with Crippen LogP contribution in [0.1, 0.15) is 29.0 Å². The van der Waals surface area contributed by atoms with Crippen LogP contribution in [0, 0.1) is 11.3 Å². The molecule has 2 aromatic heterocycles. The number of nitrogens with zero attached hydrogens (tertiary/aromatic N) is 5. The molecule has 0 saturated carbocycles. The average molecular weight is 359 g/mol. The fraction of sp³-hybridized carbons (Fsp3) is 0.250. The smallest absolute Gasteiger partial charge is 0.273 e. The van der Waals surface area contributed by atoms with Gasteiger partial charge < -0.3 is 9.64 Å². The number of ether oxygens (including phenoxy) is 1. The number of hydrogen-bond donors (Lipinski definition) is 0. The van der Waals surface area contributed by atoms with Crippen LogP contribution >= 0.6 is 0 Å². The SMILES string of the molecule is N#Cc1nccnc1O[C@H]1CCCN(C(=O)c2nccc3ccccc23)C1. The van der Waals surface area contributed by atoms with Gasteiger partial charge in [-0.05, 0) is 24.3 Å². The Kier molecular flexibility index (Phi) is 4.62. The lowest BCUT2D eigenvalue weighted by Crippen LogP contribution is -2.44. The van der Waals surface area contributed by atoms with Crippen LogP contribution in [0.2, 0.25) is 0 Å². The molecule has 0 radical (unpaired) electrons. The molecule has 7 nitrogen and oxygen atoms in total. The summed E-state index contributed by atoms with van der Waals surface area (Å²) in [6, 6.07) is 11.6. The molecular formula is C20H17N5O2. The van der Waals surface area contributed by atoms with Gasteiger partial charge in [-0.2, -0.15) is 5.26 Å². The molecule has 1 aliphatic heterocycles. The van der Waals surface area contributed by atoms with Crippen LogP contribution in [0.5, 0.6) is 5.88 Å². The van der Waals surface area contributed by atoms with E-state index in [0.717, 1.165) is 23.6 Å². The molecule has 1 aromatic carbocycles. The molecule has 27 heavy (non-hydrogen) atoms. The minimum absolute atomic E-state index is 0.111. The van der Waals surface area contributed by atoms with E-state index in [1.165, 1.54) is 12.4 Å². The second-order valence-electron chi connectivity index (χ2n) is 6.34. The number of pyridine rings is 1. The van der Waals surface area contributed by atoms with Crippen LogP contribution in [0.25, 0.3) is 10.8 Å². The highest BCUT2D eigenvalue weighted by atomic mass is 16.5. The fourth-order valence-corrected chi connectivity index (χ4v) is 3.30. The van der Waals surface area contributed by atoms with E-state index >= 15 is 0 Å². The van der Waals surface area contributed by atoms with Crippen molar-refractivity contribution in [2.45, 2.75) is 18.9 Å². The van der Waals surface area contributed by atoms with Crippen LogP contribution in [0.4, 0.5) is 0 Å². The Morgan fingerprint density at radius 2 is 2.00 bits per heavy atom. The summed E-state index contributed by atoms with van der Waals surface area (Å²) in [5.74, 6) is 0.0994. The Hall–Kier alpha value is -3.53. The number of aromatic nitrogens is 3. The topological polar surface area (TPSA) is 92.0 Å². The normalized spacial score (nSPS) is 16.7. The molecule has 0 N–H and O–H groups in total. The van der Waals surface area contributed by atoms with Crippen molar-refractivity contribution in [2.24, 2.45) is 0 Å². The van der Waals surface area contributed by atoms with Gasteiger partial charge in [0.25, 0.3) is 11.8 Å². The number of likely N-dealkylation sites (tertiary alicyclic amines) is 1. The second-order valence-corrected chi connectivity index (χ2v) is 6.34. The molecule has 3 aromatic rings. The van der Waals surface area contributed by atoms with Gasteiger partial charge in [-0.3, -0.25) is 9.78 Å². The summed E-state index contributed by atoms with van der Waals surface area (Å²) in [5.41, 5.74) is 0.600. The summed E-state index contributed by atoms with van der Waals surface area (Å²) in [5, 5.41) is 11.0.